The molecule has 0 aliphatic heterocycles. The molecular weight excluding hydrogens is 346 g/mol. The van der Waals surface area contributed by atoms with Crippen molar-refractivity contribution >= 4 is 0 Å². The van der Waals surface area contributed by atoms with Gasteiger partial charge in [-0.05, 0) is 41.3 Å². The fraction of sp³-hybridized carbons (Fsp3) is 0.125. The maximum atomic E-state index is 10.2. The van der Waals surface area contributed by atoms with Gasteiger partial charge in [0, 0.05) is 24.7 Å². The van der Waals surface area contributed by atoms with Crippen molar-refractivity contribution in [1.29, 1.82) is 0 Å². The molecule has 28 heavy (non-hydrogen) atoms. The number of para-hydroxylation sites is 1. The highest BCUT2D eigenvalue weighted by Crippen LogP contribution is 2.28. The Morgan fingerprint density at radius 2 is 1.61 bits per heavy atom. The van der Waals surface area contributed by atoms with E-state index >= 15 is 0 Å². The summed E-state index contributed by atoms with van der Waals surface area (Å²) in [5.74, 6) is 0.293. The molecule has 140 valence electrons. The molecule has 0 spiro atoms. The second-order valence-electron chi connectivity index (χ2n) is 6.90. The summed E-state index contributed by atoms with van der Waals surface area (Å²) in [5, 5.41) is 15.1. The van der Waals surface area contributed by atoms with Crippen molar-refractivity contribution in [3.63, 3.8) is 0 Å². The predicted octanol–water partition coefficient (Wildman–Crippen LogP) is 4.60. The molecule has 0 aliphatic carbocycles. The van der Waals surface area contributed by atoms with Crippen LogP contribution in [-0.4, -0.2) is 14.9 Å². The third-order valence-corrected chi connectivity index (χ3v) is 5.02. The predicted molar refractivity (Wildman–Crippen MR) is 113 cm³/mol. The van der Waals surface area contributed by atoms with Crippen molar-refractivity contribution in [3.8, 4) is 22.7 Å². The lowest BCUT2D eigenvalue weighted by Crippen LogP contribution is -2.08. The third kappa shape index (κ3) is 3.42. The number of hydrogen-bond acceptors (Lipinski definition) is 3. The Kier molecular flexibility index (Phi) is 4.96. The van der Waals surface area contributed by atoms with Crippen LogP contribution in [0.25, 0.3) is 16.9 Å². The van der Waals surface area contributed by atoms with Crippen LogP contribution in [0.4, 0.5) is 0 Å². The Hall–Kier alpha value is -3.37. The second kappa shape index (κ2) is 7.71. The molecule has 0 saturated heterocycles. The molecule has 0 amide bonds. The van der Waals surface area contributed by atoms with E-state index in [-0.39, 0.29) is 0 Å². The first kappa shape index (κ1) is 18.0. The van der Waals surface area contributed by atoms with Gasteiger partial charge in [-0.3, -0.25) is 0 Å². The highest BCUT2D eigenvalue weighted by atomic mass is 16.3. The maximum Gasteiger partial charge on any atom is 0.119 e. The van der Waals surface area contributed by atoms with Gasteiger partial charge < -0.3 is 10.8 Å². The van der Waals surface area contributed by atoms with E-state index in [9.17, 15) is 5.11 Å². The second-order valence-corrected chi connectivity index (χ2v) is 6.90. The number of phenols is 1. The van der Waals surface area contributed by atoms with Gasteiger partial charge in [-0.1, -0.05) is 60.7 Å². The van der Waals surface area contributed by atoms with Crippen LogP contribution in [0, 0.1) is 6.92 Å². The molecule has 0 fully saturated rings. The zero-order chi connectivity index (χ0) is 19.5. The van der Waals surface area contributed by atoms with Crippen LogP contribution in [0.5, 0.6) is 5.75 Å². The molecule has 0 saturated carbocycles. The minimum Gasteiger partial charge on any atom is -0.508 e. The highest BCUT2D eigenvalue weighted by molar-refractivity contribution is 5.63. The van der Waals surface area contributed by atoms with Crippen molar-refractivity contribution in [2.45, 2.75) is 19.9 Å². The average molecular weight is 369 g/mol. The van der Waals surface area contributed by atoms with Crippen LogP contribution in [0.1, 0.15) is 22.3 Å². The van der Waals surface area contributed by atoms with E-state index in [1.807, 2.05) is 59.4 Å². The van der Waals surface area contributed by atoms with E-state index in [2.05, 4.69) is 25.1 Å². The Balaban J connectivity index is 1.82. The van der Waals surface area contributed by atoms with E-state index in [4.69, 9.17) is 10.8 Å². The SMILES string of the molecule is Cc1cn(-c2cccc(CN)c2Cc2ccccc2O)nc1-c1ccccc1. The zero-order valence-corrected chi connectivity index (χ0v) is 15.8. The zero-order valence-electron chi connectivity index (χ0n) is 15.8. The topological polar surface area (TPSA) is 64.1 Å². The van der Waals surface area contributed by atoms with E-state index in [0.717, 1.165) is 39.2 Å². The first-order valence-electron chi connectivity index (χ1n) is 9.37. The fourth-order valence-corrected chi connectivity index (χ4v) is 3.55. The molecule has 4 heteroatoms. The molecule has 4 aromatic rings. The number of aromatic nitrogens is 2. The summed E-state index contributed by atoms with van der Waals surface area (Å²) in [4.78, 5) is 0. The molecule has 0 atom stereocenters. The van der Waals surface area contributed by atoms with E-state index in [0.29, 0.717) is 18.7 Å². The van der Waals surface area contributed by atoms with Crippen LogP contribution in [0.3, 0.4) is 0 Å². The van der Waals surface area contributed by atoms with Gasteiger partial charge in [-0.2, -0.15) is 5.10 Å². The third-order valence-electron chi connectivity index (χ3n) is 5.02. The quantitative estimate of drug-likeness (QED) is 0.540. The Morgan fingerprint density at radius 1 is 0.893 bits per heavy atom. The van der Waals surface area contributed by atoms with Gasteiger partial charge in [-0.15, -0.1) is 0 Å². The molecule has 1 aromatic heterocycles. The summed E-state index contributed by atoms with van der Waals surface area (Å²) in [6.07, 6.45) is 2.64. The molecule has 3 aromatic carbocycles. The minimum atomic E-state index is 0.293. The molecule has 4 rings (SSSR count). The number of benzene rings is 3. The summed E-state index contributed by atoms with van der Waals surface area (Å²) in [7, 11) is 0. The minimum absolute atomic E-state index is 0.293. The molecule has 4 nitrogen and oxygen atoms in total. The maximum absolute atomic E-state index is 10.2. The lowest BCUT2D eigenvalue weighted by Gasteiger charge is -2.15. The standard InChI is InChI=1S/C24H23N3O/c1-17-16-27(26-24(17)18-8-3-2-4-9-18)22-12-7-11-20(15-25)21(22)14-19-10-5-6-13-23(19)28/h2-13,16,28H,14-15,25H2,1H3. The van der Waals surface area contributed by atoms with Crippen molar-refractivity contribution in [3.05, 3.63) is 101 Å². The fourth-order valence-electron chi connectivity index (χ4n) is 3.55. The Morgan fingerprint density at radius 3 is 2.36 bits per heavy atom. The van der Waals surface area contributed by atoms with Gasteiger partial charge in [-0.25, -0.2) is 4.68 Å². The lowest BCUT2D eigenvalue weighted by molar-refractivity contribution is 0.469. The molecule has 0 unspecified atom stereocenters. The van der Waals surface area contributed by atoms with E-state index in [1.54, 1.807) is 6.07 Å². The van der Waals surface area contributed by atoms with E-state index < -0.39 is 0 Å². The molecular formula is C24H23N3O. The van der Waals surface area contributed by atoms with Crippen LogP contribution in [0.15, 0.2) is 79.0 Å². The average Bonchev–Trinajstić information content (AvgIpc) is 3.12. The molecule has 0 radical (unpaired) electrons. The normalized spacial score (nSPS) is 10.9. The summed E-state index contributed by atoms with van der Waals surface area (Å²) in [5.41, 5.74) is 13.2. The Bertz CT molecular complexity index is 1100. The molecule has 3 N–H and O–H groups in total. The smallest absolute Gasteiger partial charge is 0.119 e. The first-order valence-corrected chi connectivity index (χ1v) is 9.37. The molecule has 1 heterocycles. The number of hydrogen-bond donors (Lipinski definition) is 2. The van der Waals surface area contributed by atoms with Gasteiger partial charge in [0.25, 0.3) is 0 Å². The van der Waals surface area contributed by atoms with Crippen LogP contribution < -0.4 is 5.73 Å². The first-order chi connectivity index (χ1) is 13.7. The lowest BCUT2D eigenvalue weighted by atomic mass is 9.97. The monoisotopic (exact) mass is 369 g/mol. The van der Waals surface area contributed by atoms with Crippen LogP contribution >= 0.6 is 0 Å². The van der Waals surface area contributed by atoms with Crippen molar-refractivity contribution in [2.75, 3.05) is 0 Å². The van der Waals surface area contributed by atoms with Gasteiger partial charge in [0.2, 0.25) is 0 Å². The van der Waals surface area contributed by atoms with Crippen LogP contribution in [-0.2, 0) is 13.0 Å². The number of nitrogens with two attached hydrogens (primary N) is 1. The van der Waals surface area contributed by atoms with Gasteiger partial charge >= 0.3 is 0 Å². The van der Waals surface area contributed by atoms with Gasteiger partial charge in [0.15, 0.2) is 0 Å². The Labute approximate surface area is 164 Å². The number of rotatable bonds is 5. The highest BCUT2D eigenvalue weighted by Gasteiger charge is 2.15. The van der Waals surface area contributed by atoms with Gasteiger partial charge in [0.1, 0.15) is 5.75 Å². The van der Waals surface area contributed by atoms with Crippen LogP contribution in [0.2, 0.25) is 0 Å². The van der Waals surface area contributed by atoms with E-state index in [1.165, 1.54) is 0 Å². The van der Waals surface area contributed by atoms with Crippen molar-refractivity contribution in [1.82, 2.24) is 9.78 Å². The number of aromatic hydroxyl groups is 1. The number of nitrogens with zero attached hydrogens (tertiary/aromatic N) is 2. The molecule has 0 bridgehead atoms. The molecule has 0 aliphatic rings. The summed E-state index contributed by atoms with van der Waals surface area (Å²) < 4.78 is 1.92. The largest absolute Gasteiger partial charge is 0.508 e. The number of phenolic OH excluding ortho intramolecular Hbond substituents is 1. The van der Waals surface area contributed by atoms with Crippen molar-refractivity contribution < 1.29 is 5.11 Å². The summed E-state index contributed by atoms with van der Waals surface area (Å²) >= 11 is 0. The van der Waals surface area contributed by atoms with Gasteiger partial charge in [0.05, 0.1) is 11.4 Å². The summed E-state index contributed by atoms with van der Waals surface area (Å²) in [6, 6.07) is 23.7. The van der Waals surface area contributed by atoms with Crippen molar-refractivity contribution in [2.24, 2.45) is 5.73 Å². The summed E-state index contributed by atoms with van der Waals surface area (Å²) in [6.45, 7) is 2.50. The number of aryl methyl sites for hydroxylation is 1.